The molecule has 32 heavy (non-hydrogen) atoms. The topological polar surface area (TPSA) is 64.0 Å². The molecular weight excluding hydrogens is 439 g/mol. The van der Waals surface area contributed by atoms with Crippen LogP contribution in [0.15, 0.2) is 42.9 Å². The summed E-state index contributed by atoms with van der Waals surface area (Å²) in [5, 5.41) is 0.503. The molecule has 0 saturated heterocycles. The van der Waals surface area contributed by atoms with Gasteiger partial charge in [0.15, 0.2) is 0 Å². The Morgan fingerprint density at radius 1 is 1.16 bits per heavy atom. The normalized spacial score (nSPS) is 15.4. The van der Waals surface area contributed by atoms with Gasteiger partial charge in [-0.3, -0.25) is 4.98 Å². The molecule has 0 spiro atoms. The quantitative estimate of drug-likeness (QED) is 0.534. The molecule has 2 aromatic heterocycles. The second-order valence-corrected chi connectivity index (χ2v) is 11.6. The van der Waals surface area contributed by atoms with Gasteiger partial charge in [-0.15, -0.1) is 0 Å². The van der Waals surface area contributed by atoms with Crippen LogP contribution in [0, 0.1) is 5.41 Å². The van der Waals surface area contributed by atoms with E-state index in [0.29, 0.717) is 24.9 Å². The predicted octanol–water partition coefficient (Wildman–Crippen LogP) is 5.35. The number of nitrogens with one attached hydrogen (secondary N) is 1. The van der Waals surface area contributed by atoms with Gasteiger partial charge in [0.05, 0.1) is 10.8 Å². The molecule has 1 aliphatic rings. The first kappa shape index (κ1) is 22.8. The summed E-state index contributed by atoms with van der Waals surface area (Å²) in [4.78, 5) is 3.65. The van der Waals surface area contributed by atoms with Crippen LogP contribution < -0.4 is 4.72 Å². The average molecular weight is 466 g/mol. The molecule has 4 rings (SSSR count). The highest BCUT2D eigenvalue weighted by molar-refractivity contribution is 7.90. The van der Waals surface area contributed by atoms with Crippen LogP contribution in [0.1, 0.15) is 44.7 Å². The Kier molecular flexibility index (Phi) is 5.61. The maximum Gasteiger partial charge on any atom is 0.418 e. The molecule has 0 atom stereocenters. The first-order valence-electron chi connectivity index (χ1n) is 10.5. The molecule has 0 aliphatic heterocycles. The molecule has 0 radical (unpaired) electrons. The lowest BCUT2D eigenvalue weighted by molar-refractivity contribution is -0.137. The number of nitrogens with zero attached hydrogens (tertiary/aromatic N) is 2. The van der Waals surface area contributed by atoms with E-state index in [1.165, 1.54) is 12.3 Å². The molecule has 0 unspecified atom stereocenters. The molecular formula is C23H26F3N3O2S. The van der Waals surface area contributed by atoms with Crippen molar-refractivity contribution in [3.05, 3.63) is 54.0 Å². The molecule has 1 saturated carbocycles. The molecule has 172 valence electrons. The van der Waals surface area contributed by atoms with E-state index in [4.69, 9.17) is 0 Å². The number of fused-ring (bicyclic) bond motifs is 1. The summed E-state index contributed by atoms with van der Waals surface area (Å²) in [6.45, 7) is 6.99. The Morgan fingerprint density at radius 2 is 1.88 bits per heavy atom. The Hall–Kier alpha value is -2.39. The van der Waals surface area contributed by atoms with Crippen LogP contribution >= 0.6 is 0 Å². The molecule has 1 fully saturated rings. The lowest BCUT2D eigenvalue weighted by Gasteiger charge is -2.20. The Labute approximate surface area is 185 Å². The van der Waals surface area contributed by atoms with Crippen molar-refractivity contribution >= 4 is 20.9 Å². The molecule has 3 aromatic rings. The fourth-order valence-electron chi connectivity index (χ4n) is 3.86. The van der Waals surface area contributed by atoms with Gasteiger partial charge < -0.3 is 4.57 Å². The number of hydrogen-bond acceptors (Lipinski definition) is 3. The number of alkyl halides is 3. The van der Waals surface area contributed by atoms with E-state index >= 15 is 0 Å². The highest BCUT2D eigenvalue weighted by atomic mass is 32.2. The molecule has 0 amide bonds. The zero-order chi connectivity index (χ0) is 23.3. The first-order valence-corrected chi connectivity index (χ1v) is 12.0. The third-order valence-electron chi connectivity index (χ3n) is 5.47. The predicted molar refractivity (Wildman–Crippen MR) is 118 cm³/mol. The molecule has 5 nitrogen and oxygen atoms in total. The highest BCUT2D eigenvalue weighted by Gasteiger charge is 2.36. The van der Waals surface area contributed by atoms with Gasteiger partial charge in [-0.05, 0) is 47.1 Å². The van der Waals surface area contributed by atoms with E-state index < -0.39 is 21.8 Å². The second kappa shape index (κ2) is 7.88. The largest absolute Gasteiger partial charge is 0.418 e. The minimum absolute atomic E-state index is 0.0638. The zero-order valence-corrected chi connectivity index (χ0v) is 19.0. The maximum atomic E-state index is 13.5. The summed E-state index contributed by atoms with van der Waals surface area (Å²) in [6.07, 6.45) is 0.924. The smallest absolute Gasteiger partial charge is 0.347 e. The van der Waals surface area contributed by atoms with Gasteiger partial charge in [0, 0.05) is 42.6 Å². The summed E-state index contributed by atoms with van der Waals surface area (Å²) in [7, 11) is -3.34. The third kappa shape index (κ3) is 4.83. The van der Waals surface area contributed by atoms with E-state index in [0.717, 1.165) is 22.7 Å². The van der Waals surface area contributed by atoms with Crippen LogP contribution in [-0.4, -0.2) is 23.2 Å². The summed E-state index contributed by atoms with van der Waals surface area (Å²) in [5.74, 6) is 0. The van der Waals surface area contributed by atoms with E-state index in [1.54, 1.807) is 18.2 Å². The van der Waals surface area contributed by atoms with Gasteiger partial charge in [0.2, 0.25) is 10.0 Å². The minimum Gasteiger partial charge on any atom is -0.347 e. The van der Waals surface area contributed by atoms with Crippen LogP contribution in [0.4, 0.5) is 13.2 Å². The van der Waals surface area contributed by atoms with Gasteiger partial charge in [-0.25, -0.2) is 13.1 Å². The number of aromatic nitrogens is 2. The van der Waals surface area contributed by atoms with Crippen molar-refractivity contribution in [3.8, 4) is 11.1 Å². The Balaban J connectivity index is 1.79. The van der Waals surface area contributed by atoms with E-state index in [1.807, 2.05) is 10.8 Å². The van der Waals surface area contributed by atoms with E-state index in [-0.39, 0.29) is 22.8 Å². The average Bonchev–Trinajstić information content (AvgIpc) is 3.50. The Bertz CT molecular complexity index is 1250. The second-order valence-electron chi connectivity index (χ2n) is 9.56. The fraction of sp³-hybridized carbons (Fsp3) is 0.435. The van der Waals surface area contributed by atoms with Crippen molar-refractivity contribution in [3.63, 3.8) is 0 Å². The van der Waals surface area contributed by atoms with Crippen molar-refractivity contribution in [2.45, 2.75) is 58.1 Å². The molecule has 9 heteroatoms. The summed E-state index contributed by atoms with van der Waals surface area (Å²) >= 11 is 0. The van der Waals surface area contributed by atoms with Crippen molar-refractivity contribution in [1.82, 2.24) is 14.3 Å². The number of halogens is 3. The summed E-state index contributed by atoms with van der Waals surface area (Å²) in [5.41, 5.74) is 1.19. The van der Waals surface area contributed by atoms with Crippen LogP contribution in [0.3, 0.4) is 0 Å². The van der Waals surface area contributed by atoms with Crippen LogP contribution in [0.25, 0.3) is 22.0 Å². The van der Waals surface area contributed by atoms with Crippen molar-refractivity contribution in [2.24, 2.45) is 5.41 Å². The number of hydrogen-bond donors (Lipinski definition) is 1. The monoisotopic (exact) mass is 465 g/mol. The molecule has 1 aliphatic carbocycles. The number of sulfonamides is 1. The number of rotatable bonds is 6. The molecule has 1 N–H and O–H groups in total. The van der Waals surface area contributed by atoms with Crippen molar-refractivity contribution in [1.29, 1.82) is 0 Å². The zero-order valence-electron chi connectivity index (χ0n) is 18.2. The summed E-state index contributed by atoms with van der Waals surface area (Å²) < 4.78 is 69.8. The molecule has 0 bridgehead atoms. The molecule has 2 heterocycles. The van der Waals surface area contributed by atoms with Crippen molar-refractivity contribution < 1.29 is 21.6 Å². The first-order chi connectivity index (χ1) is 14.9. The summed E-state index contributed by atoms with van der Waals surface area (Å²) in [6, 6.07) is 6.52. The SMILES string of the molecule is CC(C)(C)Cn1cc(CNS(=O)(=O)C2CC2)c2ccc(-c3ccncc3C(F)(F)F)cc21. The van der Waals surface area contributed by atoms with Gasteiger partial charge in [0.1, 0.15) is 0 Å². The number of pyridine rings is 1. The van der Waals surface area contributed by atoms with E-state index in [2.05, 4.69) is 30.5 Å². The van der Waals surface area contributed by atoms with E-state index in [9.17, 15) is 21.6 Å². The lowest BCUT2D eigenvalue weighted by atomic mass is 9.96. The van der Waals surface area contributed by atoms with Gasteiger partial charge in [0.25, 0.3) is 0 Å². The lowest BCUT2D eigenvalue weighted by Crippen LogP contribution is -2.26. The number of benzene rings is 1. The van der Waals surface area contributed by atoms with Crippen LogP contribution in [0.2, 0.25) is 0 Å². The molecule has 1 aromatic carbocycles. The van der Waals surface area contributed by atoms with Gasteiger partial charge in [-0.1, -0.05) is 32.9 Å². The van der Waals surface area contributed by atoms with Gasteiger partial charge in [-0.2, -0.15) is 13.2 Å². The standard InChI is InChI=1S/C23H26F3N3O2S/c1-22(2,3)14-29-13-16(11-28-32(30,31)17-5-6-17)19-7-4-15(10-21(19)29)18-8-9-27-12-20(18)23(24,25)26/h4,7-10,12-13,17,28H,5-6,11,14H2,1-3H3. The van der Waals surface area contributed by atoms with Gasteiger partial charge >= 0.3 is 6.18 Å². The maximum absolute atomic E-state index is 13.5. The van der Waals surface area contributed by atoms with Crippen LogP contribution in [-0.2, 0) is 29.3 Å². The Morgan fingerprint density at radius 3 is 2.50 bits per heavy atom. The highest BCUT2D eigenvalue weighted by Crippen LogP contribution is 2.38. The minimum atomic E-state index is -4.52. The van der Waals surface area contributed by atoms with Crippen LogP contribution in [0.5, 0.6) is 0 Å². The van der Waals surface area contributed by atoms with Crippen molar-refractivity contribution in [2.75, 3.05) is 0 Å². The third-order valence-corrected chi connectivity index (χ3v) is 7.37. The fourth-order valence-corrected chi connectivity index (χ4v) is 5.21.